The van der Waals surface area contributed by atoms with Crippen LogP contribution in [0.1, 0.15) is 16.1 Å². The summed E-state index contributed by atoms with van der Waals surface area (Å²) in [5.74, 6) is 0.913. The van der Waals surface area contributed by atoms with Crippen LogP contribution in [-0.2, 0) is 12.8 Å². The number of hydrogen-bond acceptors (Lipinski definition) is 5. The van der Waals surface area contributed by atoms with Crippen molar-refractivity contribution in [2.75, 3.05) is 32.5 Å². The van der Waals surface area contributed by atoms with E-state index in [1.807, 2.05) is 18.2 Å². The molecule has 0 spiro atoms. The van der Waals surface area contributed by atoms with Gasteiger partial charge in [0, 0.05) is 36.5 Å². The van der Waals surface area contributed by atoms with Crippen molar-refractivity contribution in [1.82, 2.24) is 9.88 Å². The van der Waals surface area contributed by atoms with Gasteiger partial charge in [0.15, 0.2) is 5.13 Å². The summed E-state index contributed by atoms with van der Waals surface area (Å²) in [7, 11) is 1.71. The number of anilines is 1. The lowest BCUT2D eigenvalue weighted by atomic mass is 10.2. The molecular weight excluding hydrogens is 294 g/mol. The van der Waals surface area contributed by atoms with Crippen molar-refractivity contribution in [3.8, 4) is 5.75 Å². The summed E-state index contributed by atoms with van der Waals surface area (Å²) < 4.78 is 5.37. The molecule has 1 aliphatic heterocycles. The minimum atomic E-state index is 0.703. The number of benzene rings is 1. The van der Waals surface area contributed by atoms with Gasteiger partial charge in [0.2, 0.25) is 0 Å². The molecule has 0 saturated carbocycles. The SMILES string of the molecule is COc1ccccc1/C=C/CN1CCc2nc(N)sc2CC1. The Labute approximate surface area is 135 Å². The number of nitrogen functional groups attached to an aromatic ring is 1. The van der Waals surface area contributed by atoms with E-state index in [0.29, 0.717) is 5.13 Å². The van der Waals surface area contributed by atoms with Gasteiger partial charge in [-0.05, 0) is 12.5 Å². The van der Waals surface area contributed by atoms with Gasteiger partial charge in [0.05, 0.1) is 12.8 Å². The Morgan fingerprint density at radius 1 is 1.32 bits per heavy atom. The molecule has 5 heteroatoms. The smallest absolute Gasteiger partial charge is 0.180 e. The summed E-state index contributed by atoms with van der Waals surface area (Å²) >= 11 is 1.64. The molecule has 0 saturated heterocycles. The number of nitrogens with two attached hydrogens (primary N) is 1. The number of methoxy groups -OCH3 is 1. The van der Waals surface area contributed by atoms with Gasteiger partial charge >= 0.3 is 0 Å². The number of ether oxygens (including phenoxy) is 1. The summed E-state index contributed by atoms with van der Waals surface area (Å²) in [4.78, 5) is 8.24. The van der Waals surface area contributed by atoms with E-state index < -0.39 is 0 Å². The van der Waals surface area contributed by atoms with Crippen LogP contribution in [0.4, 0.5) is 5.13 Å². The van der Waals surface area contributed by atoms with E-state index in [4.69, 9.17) is 10.5 Å². The molecule has 2 aromatic rings. The highest BCUT2D eigenvalue weighted by molar-refractivity contribution is 7.15. The van der Waals surface area contributed by atoms with Gasteiger partial charge < -0.3 is 10.5 Å². The van der Waals surface area contributed by atoms with Gasteiger partial charge in [-0.3, -0.25) is 4.90 Å². The zero-order valence-electron chi connectivity index (χ0n) is 12.8. The predicted molar refractivity (Wildman–Crippen MR) is 92.4 cm³/mol. The Hall–Kier alpha value is -1.85. The number of fused-ring (bicyclic) bond motifs is 1. The molecule has 1 aromatic heterocycles. The number of para-hydroxylation sites is 1. The second-order valence-corrected chi connectivity index (χ2v) is 6.48. The Balaban J connectivity index is 1.58. The molecule has 3 rings (SSSR count). The number of aromatic nitrogens is 1. The maximum absolute atomic E-state index is 5.79. The third-order valence-electron chi connectivity index (χ3n) is 3.91. The Bertz CT molecular complexity index is 640. The molecule has 0 amide bonds. The quantitative estimate of drug-likeness (QED) is 0.942. The molecule has 1 aromatic carbocycles. The molecule has 1 aliphatic rings. The van der Waals surface area contributed by atoms with Crippen LogP contribution >= 0.6 is 11.3 Å². The molecule has 116 valence electrons. The molecule has 2 N–H and O–H groups in total. The Morgan fingerprint density at radius 2 is 2.14 bits per heavy atom. The van der Waals surface area contributed by atoms with E-state index in [1.54, 1.807) is 18.4 Å². The first kappa shape index (κ1) is 15.1. The summed E-state index contributed by atoms with van der Waals surface area (Å²) in [5.41, 5.74) is 8.10. The molecule has 22 heavy (non-hydrogen) atoms. The van der Waals surface area contributed by atoms with E-state index in [0.717, 1.165) is 43.8 Å². The molecule has 4 nitrogen and oxygen atoms in total. The fourth-order valence-corrected chi connectivity index (χ4v) is 3.61. The zero-order chi connectivity index (χ0) is 15.4. The second-order valence-electron chi connectivity index (χ2n) is 5.37. The molecule has 0 bridgehead atoms. The lowest BCUT2D eigenvalue weighted by Crippen LogP contribution is -2.26. The highest BCUT2D eigenvalue weighted by atomic mass is 32.1. The third-order valence-corrected chi connectivity index (χ3v) is 4.90. The standard InChI is InChI=1S/C17H21N3OS/c1-21-15-7-3-2-5-13(15)6-4-10-20-11-8-14-16(9-12-20)22-17(18)19-14/h2-7H,8-12H2,1H3,(H2,18,19)/b6-4+. The molecular formula is C17H21N3OS. The normalized spacial score (nSPS) is 15.7. The topological polar surface area (TPSA) is 51.4 Å². The lowest BCUT2D eigenvalue weighted by Gasteiger charge is -2.17. The van der Waals surface area contributed by atoms with Gasteiger partial charge in [-0.2, -0.15) is 0 Å². The van der Waals surface area contributed by atoms with Crippen LogP contribution in [0.5, 0.6) is 5.75 Å². The zero-order valence-corrected chi connectivity index (χ0v) is 13.6. The van der Waals surface area contributed by atoms with Crippen LogP contribution < -0.4 is 10.5 Å². The molecule has 0 unspecified atom stereocenters. The van der Waals surface area contributed by atoms with Crippen LogP contribution in [0.25, 0.3) is 6.08 Å². The summed E-state index contributed by atoms with van der Waals surface area (Å²) in [6, 6.07) is 8.08. The van der Waals surface area contributed by atoms with Gasteiger partial charge in [-0.25, -0.2) is 4.98 Å². The van der Waals surface area contributed by atoms with Crippen molar-refractivity contribution in [2.45, 2.75) is 12.8 Å². The highest BCUT2D eigenvalue weighted by Gasteiger charge is 2.16. The van der Waals surface area contributed by atoms with Crippen molar-refractivity contribution in [3.05, 3.63) is 46.5 Å². The largest absolute Gasteiger partial charge is 0.496 e. The van der Waals surface area contributed by atoms with Crippen molar-refractivity contribution >= 4 is 22.5 Å². The van der Waals surface area contributed by atoms with E-state index in [1.165, 1.54) is 10.6 Å². The minimum Gasteiger partial charge on any atom is -0.496 e. The van der Waals surface area contributed by atoms with Gasteiger partial charge in [0.1, 0.15) is 5.75 Å². The number of hydrogen-bond donors (Lipinski definition) is 1. The summed E-state index contributed by atoms with van der Waals surface area (Å²) in [5, 5.41) is 0.703. The Kier molecular flexibility index (Phi) is 4.75. The monoisotopic (exact) mass is 315 g/mol. The van der Waals surface area contributed by atoms with Crippen LogP contribution in [0, 0.1) is 0 Å². The highest BCUT2D eigenvalue weighted by Crippen LogP contribution is 2.24. The Morgan fingerprint density at radius 3 is 3.00 bits per heavy atom. The molecule has 0 aliphatic carbocycles. The first-order valence-electron chi connectivity index (χ1n) is 7.52. The third kappa shape index (κ3) is 3.48. The number of thiazole rings is 1. The van der Waals surface area contributed by atoms with Crippen LogP contribution in [0.15, 0.2) is 30.3 Å². The maximum Gasteiger partial charge on any atom is 0.180 e. The number of rotatable bonds is 4. The van der Waals surface area contributed by atoms with Crippen LogP contribution in [-0.4, -0.2) is 36.6 Å². The summed E-state index contributed by atoms with van der Waals surface area (Å²) in [6.07, 6.45) is 6.38. The molecule has 2 heterocycles. The molecule has 0 radical (unpaired) electrons. The van der Waals surface area contributed by atoms with Gasteiger partial charge in [-0.1, -0.05) is 30.4 Å². The fraction of sp³-hybridized carbons (Fsp3) is 0.353. The van der Waals surface area contributed by atoms with Gasteiger partial charge in [0.25, 0.3) is 0 Å². The van der Waals surface area contributed by atoms with Crippen LogP contribution in [0.3, 0.4) is 0 Å². The van der Waals surface area contributed by atoms with Crippen molar-refractivity contribution in [1.29, 1.82) is 0 Å². The van der Waals surface area contributed by atoms with Crippen molar-refractivity contribution < 1.29 is 4.74 Å². The van der Waals surface area contributed by atoms with E-state index in [2.05, 4.69) is 28.1 Å². The lowest BCUT2D eigenvalue weighted by molar-refractivity contribution is 0.318. The maximum atomic E-state index is 5.79. The minimum absolute atomic E-state index is 0.703. The second kappa shape index (κ2) is 6.94. The first-order valence-corrected chi connectivity index (χ1v) is 8.34. The van der Waals surface area contributed by atoms with E-state index >= 15 is 0 Å². The van der Waals surface area contributed by atoms with E-state index in [9.17, 15) is 0 Å². The van der Waals surface area contributed by atoms with Crippen molar-refractivity contribution in [3.63, 3.8) is 0 Å². The predicted octanol–water partition coefficient (Wildman–Crippen LogP) is 2.85. The van der Waals surface area contributed by atoms with E-state index in [-0.39, 0.29) is 0 Å². The summed E-state index contributed by atoms with van der Waals surface area (Å²) in [6.45, 7) is 3.04. The number of nitrogens with zero attached hydrogens (tertiary/aromatic N) is 2. The molecule has 0 atom stereocenters. The molecule has 0 fully saturated rings. The first-order chi connectivity index (χ1) is 10.8. The van der Waals surface area contributed by atoms with Crippen molar-refractivity contribution in [2.24, 2.45) is 0 Å². The van der Waals surface area contributed by atoms with Crippen LogP contribution in [0.2, 0.25) is 0 Å². The average molecular weight is 315 g/mol. The fourth-order valence-electron chi connectivity index (χ4n) is 2.74. The van der Waals surface area contributed by atoms with Gasteiger partial charge in [-0.15, -0.1) is 11.3 Å². The average Bonchev–Trinajstić information content (AvgIpc) is 2.79.